The van der Waals surface area contributed by atoms with Crippen molar-refractivity contribution in [3.8, 4) is 5.75 Å². The van der Waals surface area contributed by atoms with Crippen LogP contribution in [-0.2, 0) is 0 Å². The molecule has 1 heterocycles. The van der Waals surface area contributed by atoms with E-state index >= 15 is 0 Å². The lowest BCUT2D eigenvalue weighted by molar-refractivity contribution is 0.322. The molecule has 2 heteroatoms. The number of hydrogen-bond acceptors (Lipinski definition) is 2. The van der Waals surface area contributed by atoms with Crippen LogP contribution in [0.4, 0.5) is 5.69 Å². The molecule has 0 bridgehead atoms. The average Bonchev–Trinajstić information content (AvgIpc) is 2.17. The predicted molar refractivity (Wildman–Crippen MR) is 59.3 cm³/mol. The maximum absolute atomic E-state index is 5.63. The maximum atomic E-state index is 5.63. The highest BCUT2D eigenvalue weighted by Crippen LogP contribution is 2.34. The zero-order valence-corrected chi connectivity index (χ0v) is 9.05. The first-order valence-electron chi connectivity index (χ1n) is 5.19. The number of rotatable bonds is 1. The molecule has 1 aliphatic rings. The number of hydrogen-bond donors (Lipinski definition) is 1. The van der Waals surface area contributed by atoms with E-state index < -0.39 is 0 Å². The van der Waals surface area contributed by atoms with Crippen molar-refractivity contribution >= 4 is 5.69 Å². The van der Waals surface area contributed by atoms with Gasteiger partial charge < -0.3 is 10.1 Å². The fourth-order valence-electron chi connectivity index (χ4n) is 1.79. The molecule has 76 valence electrons. The van der Waals surface area contributed by atoms with Gasteiger partial charge in [-0.05, 0) is 30.0 Å². The highest BCUT2D eigenvalue weighted by molar-refractivity contribution is 5.64. The number of aryl methyl sites for hydroxylation is 1. The third-order valence-electron chi connectivity index (χ3n) is 2.65. The van der Waals surface area contributed by atoms with E-state index in [1.54, 1.807) is 0 Å². The van der Waals surface area contributed by atoms with Crippen LogP contribution in [0.5, 0.6) is 5.75 Å². The van der Waals surface area contributed by atoms with Crippen LogP contribution >= 0.6 is 0 Å². The molecule has 0 radical (unpaired) electrons. The van der Waals surface area contributed by atoms with Gasteiger partial charge in [-0.25, -0.2) is 0 Å². The second-order valence-electron chi connectivity index (χ2n) is 4.14. The molecule has 0 aromatic heterocycles. The molecule has 1 N–H and O–H groups in total. The SMILES string of the molecule is Cc1cc(C(C)C)cc2c1NCCO2. The van der Waals surface area contributed by atoms with Gasteiger partial charge in [0.25, 0.3) is 0 Å². The number of nitrogens with one attached hydrogen (secondary N) is 1. The summed E-state index contributed by atoms with van der Waals surface area (Å²) in [5, 5.41) is 3.37. The Hall–Kier alpha value is -1.18. The van der Waals surface area contributed by atoms with Crippen molar-refractivity contribution < 1.29 is 4.74 Å². The molecular weight excluding hydrogens is 174 g/mol. The van der Waals surface area contributed by atoms with Crippen LogP contribution in [0.3, 0.4) is 0 Å². The predicted octanol–water partition coefficient (Wildman–Crippen LogP) is 2.92. The summed E-state index contributed by atoms with van der Waals surface area (Å²) in [5.41, 5.74) is 3.80. The minimum atomic E-state index is 0.560. The second-order valence-corrected chi connectivity index (χ2v) is 4.14. The van der Waals surface area contributed by atoms with Crippen molar-refractivity contribution in [2.24, 2.45) is 0 Å². The Kier molecular flexibility index (Phi) is 2.36. The first-order chi connectivity index (χ1) is 6.68. The lowest BCUT2D eigenvalue weighted by atomic mass is 9.99. The van der Waals surface area contributed by atoms with E-state index in [4.69, 9.17) is 4.74 Å². The summed E-state index contributed by atoms with van der Waals surface area (Å²) in [7, 11) is 0. The van der Waals surface area contributed by atoms with E-state index in [2.05, 4.69) is 38.2 Å². The van der Waals surface area contributed by atoms with Crippen molar-refractivity contribution in [2.45, 2.75) is 26.7 Å². The number of benzene rings is 1. The van der Waals surface area contributed by atoms with Gasteiger partial charge in [-0.2, -0.15) is 0 Å². The zero-order valence-electron chi connectivity index (χ0n) is 9.05. The molecule has 0 saturated carbocycles. The number of fused-ring (bicyclic) bond motifs is 1. The van der Waals surface area contributed by atoms with Crippen LogP contribution in [0.25, 0.3) is 0 Å². The molecule has 0 spiro atoms. The van der Waals surface area contributed by atoms with Gasteiger partial charge in [-0.3, -0.25) is 0 Å². The summed E-state index contributed by atoms with van der Waals surface area (Å²) >= 11 is 0. The quantitative estimate of drug-likeness (QED) is 0.737. The van der Waals surface area contributed by atoms with Crippen molar-refractivity contribution in [2.75, 3.05) is 18.5 Å². The summed E-state index contributed by atoms with van der Waals surface area (Å²) < 4.78 is 5.63. The van der Waals surface area contributed by atoms with E-state index in [0.717, 1.165) is 18.9 Å². The zero-order chi connectivity index (χ0) is 10.1. The molecule has 2 nitrogen and oxygen atoms in total. The fourth-order valence-corrected chi connectivity index (χ4v) is 1.79. The Morgan fingerprint density at radius 2 is 2.14 bits per heavy atom. The molecule has 0 amide bonds. The number of anilines is 1. The topological polar surface area (TPSA) is 21.3 Å². The normalized spacial score (nSPS) is 14.6. The van der Waals surface area contributed by atoms with Crippen molar-refractivity contribution in [3.05, 3.63) is 23.3 Å². The standard InChI is InChI=1S/C12H17NO/c1-8(2)10-6-9(3)12-11(7-10)14-5-4-13-12/h6-8,13H,4-5H2,1-3H3. The van der Waals surface area contributed by atoms with Gasteiger partial charge in [0.15, 0.2) is 0 Å². The molecule has 1 aromatic carbocycles. The molecule has 2 rings (SSSR count). The average molecular weight is 191 g/mol. The van der Waals surface area contributed by atoms with E-state index in [1.807, 2.05) is 0 Å². The summed E-state index contributed by atoms with van der Waals surface area (Å²) in [6.07, 6.45) is 0. The summed E-state index contributed by atoms with van der Waals surface area (Å²) in [4.78, 5) is 0. The van der Waals surface area contributed by atoms with Crippen LogP contribution in [0.15, 0.2) is 12.1 Å². The van der Waals surface area contributed by atoms with Gasteiger partial charge in [0, 0.05) is 6.54 Å². The van der Waals surface area contributed by atoms with Crippen molar-refractivity contribution in [1.82, 2.24) is 0 Å². The Balaban J connectivity index is 2.46. The molecule has 0 unspecified atom stereocenters. The van der Waals surface area contributed by atoms with Crippen LogP contribution in [-0.4, -0.2) is 13.2 Å². The van der Waals surface area contributed by atoms with E-state index in [1.165, 1.54) is 16.8 Å². The summed E-state index contributed by atoms with van der Waals surface area (Å²) in [6, 6.07) is 4.39. The van der Waals surface area contributed by atoms with Gasteiger partial charge >= 0.3 is 0 Å². The molecule has 0 fully saturated rings. The van der Waals surface area contributed by atoms with Gasteiger partial charge in [0.1, 0.15) is 12.4 Å². The van der Waals surface area contributed by atoms with Crippen molar-refractivity contribution in [1.29, 1.82) is 0 Å². The Labute approximate surface area is 85.3 Å². The number of ether oxygens (including phenoxy) is 1. The van der Waals surface area contributed by atoms with Crippen LogP contribution < -0.4 is 10.1 Å². The molecule has 0 saturated heterocycles. The molecule has 0 atom stereocenters. The Bertz CT molecular complexity index is 344. The Morgan fingerprint density at radius 3 is 2.86 bits per heavy atom. The third kappa shape index (κ3) is 1.57. The lowest BCUT2D eigenvalue weighted by Crippen LogP contribution is -2.19. The lowest BCUT2D eigenvalue weighted by Gasteiger charge is -2.22. The second kappa shape index (κ2) is 3.52. The van der Waals surface area contributed by atoms with Gasteiger partial charge in [0.2, 0.25) is 0 Å². The van der Waals surface area contributed by atoms with Crippen LogP contribution in [0.2, 0.25) is 0 Å². The molecular formula is C12H17NO. The summed E-state index contributed by atoms with van der Waals surface area (Å²) in [6.45, 7) is 8.23. The molecule has 14 heavy (non-hydrogen) atoms. The minimum absolute atomic E-state index is 0.560. The van der Waals surface area contributed by atoms with E-state index in [-0.39, 0.29) is 0 Å². The summed E-state index contributed by atoms with van der Waals surface area (Å²) in [5.74, 6) is 1.57. The smallest absolute Gasteiger partial charge is 0.143 e. The molecule has 0 aliphatic carbocycles. The molecule has 1 aromatic rings. The largest absolute Gasteiger partial charge is 0.490 e. The minimum Gasteiger partial charge on any atom is -0.490 e. The highest BCUT2D eigenvalue weighted by atomic mass is 16.5. The van der Waals surface area contributed by atoms with E-state index in [9.17, 15) is 0 Å². The van der Waals surface area contributed by atoms with Crippen molar-refractivity contribution in [3.63, 3.8) is 0 Å². The Morgan fingerprint density at radius 1 is 1.36 bits per heavy atom. The maximum Gasteiger partial charge on any atom is 0.143 e. The van der Waals surface area contributed by atoms with Crippen LogP contribution in [0.1, 0.15) is 30.9 Å². The van der Waals surface area contributed by atoms with Crippen LogP contribution in [0, 0.1) is 6.92 Å². The van der Waals surface area contributed by atoms with Gasteiger partial charge in [-0.15, -0.1) is 0 Å². The van der Waals surface area contributed by atoms with Gasteiger partial charge in [0.05, 0.1) is 5.69 Å². The van der Waals surface area contributed by atoms with E-state index in [0.29, 0.717) is 5.92 Å². The monoisotopic (exact) mass is 191 g/mol. The highest BCUT2D eigenvalue weighted by Gasteiger charge is 2.14. The molecule has 1 aliphatic heterocycles. The third-order valence-corrected chi connectivity index (χ3v) is 2.65. The fraction of sp³-hybridized carbons (Fsp3) is 0.500. The first kappa shape index (κ1) is 9.38. The first-order valence-corrected chi connectivity index (χ1v) is 5.19. The van der Waals surface area contributed by atoms with Gasteiger partial charge in [-0.1, -0.05) is 19.9 Å².